The molecule has 0 spiro atoms. The van der Waals surface area contributed by atoms with Crippen LogP contribution in [0.3, 0.4) is 0 Å². The van der Waals surface area contributed by atoms with Gasteiger partial charge in [-0.2, -0.15) is 0 Å². The van der Waals surface area contributed by atoms with Gasteiger partial charge in [0.1, 0.15) is 6.10 Å². The van der Waals surface area contributed by atoms with Gasteiger partial charge < -0.3 is 15.2 Å². The number of carbonyl (C=O) groups excluding carboxylic acids is 1. The van der Waals surface area contributed by atoms with Gasteiger partial charge in [0.15, 0.2) is 5.60 Å². The van der Waals surface area contributed by atoms with Crippen LogP contribution in [-0.2, 0) is 15.1 Å². The fraction of sp³-hybridized carbons (Fsp3) is 0.667. The minimum atomic E-state index is -1.51. The smallest absolute Gasteiger partial charge is 0.343 e. The van der Waals surface area contributed by atoms with Crippen molar-refractivity contribution in [2.45, 2.75) is 81.6 Å². The van der Waals surface area contributed by atoms with Gasteiger partial charge in [0.2, 0.25) is 0 Å². The summed E-state index contributed by atoms with van der Waals surface area (Å²) in [6.45, 7) is 0. The van der Waals surface area contributed by atoms with Crippen molar-refractivity contribution in [3.63, 3.8) is 0 Å². The zero-order chi connectivity index (χ0) is 17.3. The van der Waals surface area contributed by atoms with Crippen LogP contribution < -0.4 is 5.32 Å². The molecule has 3 fully saturated rings. The SMILES string of the molecule is O=C(OC1C[C@H]2CC[C@@H](C1)N2)C(O)(c1ccccc1)C1CCCCC1. The highest BCUT2D eigenvalue weighted by atomic mass is 16.6. The average Bonchev–Trinajstić information content (AvgIpc) is 3.00. The lowest BCUT2D eigenvalue weighted by Gasteiger charge is -2.38. The maximum absolute atomic E-state index is 13.2. The normalized spacial score (nSPS) is 32.1. The monoisotopic (exact) mass is 343 g/mol. The molecule has 4 heteroatoms. The van der Waals surface area contributed by atoms with Gasteiger partial charge in [0, 0.05) is 18.0 Å². The van der Waals surface area contributed by atoms with Crippen molar-refractivity contribution >= 4 is 5.97 Å². The highest BCUT2D eigenvalue weighted by Crippen LogP contribution is 2.41. The minimum absolute atomic E-state index is 0.0467. The van der Waals surface area contributed by atoms with Gasteiger partial charge in [-0.1, -0.05) is 49.6 Å². The number of esters is 1. The fourth-order valence-electron chi connectivity index (χ4n) is 5.08. The summed E-state index contributed by atoms with van der Waals surface area (Å²) in [6.07, 6.45) is 9.13. The molecule has 0 amide bonds. The number of rotatable bonds is 4. The van der Waals surface area contributed by atoms with E-state index in [1.165, 1.54) is 19.3 Å². The third kappa shape index (κ3) is 3.34. The number of hydrogen-bond acceptors (Lipinski definition) is 4. The molecule has 2 N–H and O–H groups in total. The van der Waals surface area contributed by atoms with Crippen LogP contribution in [0.2, 0.25) is 0 Å². The number of benzene rings is 1. The van der Waals surface area contributed by atoms with Crippen LogP contribution in [0, 0.1) is 5.92 Å². The molecule has 4 rings (SSSR count). The van der Waals surface area contributed by atoms with Crippen LogP contribution in [0.15, 0.2) is 30.3 Å². The summed E-state index contributed by atoms with van der Waals surface area (Å²) in [5.74, 6) is -0.480. The zero-order valence-corrected chi connectivity index (χ0v) is 14.8. The second-order valence-corrected chi connectivity index (χ2v) is 8.10. The van der Waals surface area contributed by atoms with Crippen molar-refractivity contribution in [1.29, 1.82) is 0 Å². The molecular formula is C21H29NO3. The Bertz CT molecular complexity index is 586. The first-order chi connectivity index (χ1) is 12.2. The zero-order valence-electron chi connectivity index (χ0n) is 14.8. The Morgan fingerprint density at radius 1 is 1.00 bits per heavy atom. The Morgan fingerprint density at radius 2 is 1.64 bits per heavy atom. The highest BCUT2D eigenvalue weighted by Gasteiger charge is 2.48. The first-order valence-electron chi connectivity index (χ1n) is 9.91. The van der Waals surface area contributed by atoms with Crippen molar-refractivity contribution in [3.8, 4) is 0 Å². The molecule has 2 saturated heterocycles. The van der Waals surface area contributed by atoms with Crippen LogP contribution in [0.25, 0.3) is 0 Å². The van der Waals surface area contributed by atoms with Gasteiger partial charge in [0.25, 0.3) is 0 Å². The van der Waals surface area contributed by atoms with Crippen molar-refractivity contribution in [2.24, 2.45) is 5.92 Å². The van der Waals surface area contributed by atoms with Gasteiger partial charge in [-0.3, -0.25) is 0 Å². The van der Waals surface area contributed by atoms with Gasteiger partial charge in [0.05, 0.1) is 0 Å². The highest BCUT2D eigenvalue weighted by molar-refractivity contribution is 5.81. The van der Waals surface area contributed by atoms with E-state index in [0.29, 0.717) is 17.6 Å². The van der Waals surface area contributed by atoms with Crippen molar-refractivity contribution in [2.75, 3.05) is 0 Å². The predicted molar refractivity (Wildman–Crippen MR) is 96.0 cm³/mol. The summed E-state index contributed by atoms with van der Waals surface area (Å²) in [5, 5.41) is 15.1. The maximum atomic E-state index is 13.2. The summed E-state index contributed by atoms with van der Waals surface area (Å²) in [7, 11) is 0. The van der Waals surface area contributed by atoms with Gasteiger partial charge in [-0.05, 0) is 44.1 Å². The van der Waals surface area contributed by atoms with Crippen LogP contribution in [-0.4, -0.2) is 29.3 Å². The Balaban J connectivity index is 1.55. The molecule has 1 saturated carbocycles. The number of ether oxygens (including phenoxy) is 1. The van der Waals surface area contributed by atoms with Gasteiger partial charge in [-0.25, -0.2) is 4.79 Å². The Hall–Kier alpha value is -1.39. The van der Waals surface area contributed by atoms with E-state index >= 15 is 0 Å². The largest absolute Gasteiger partial charge is 0.460 e. The molecule has 3 aliphatic rings. The summed E-state index contributed by atoms with van der Waals surface area (Å²) in [6, 6.07) is 10.4. The summed E-state index contributed by atoms with van der Waals surface area (Å²) in [4.78, 5) is 13.2. The van der Waals surface area contributed by atoms with Crippen molar-refractivity contribution in [1.82, 2.24) is 5.32 Å². The number of piperidine rings is 1. The second-order valence-electron chi connectivity index (χ2n) is 8.10. The molecule has 2 unspecified atom stereocenters. The van der Waals surface area contributed by atoms with E-state index in [9.17, 15) is 9.90 Å². The first-order valence-corrected chi connectivity index (χ1v) is 9.91. The lowest BCUT2D eigenvalue weighted by Crippen LogP contribution is -2.49. The Kier molecular flexibility index (Phi) is 4.83. The van der Waals surface area contributed by atoms with E-state index in [4.69, 9.17) is 4.74 Å². The maximum Gasteiger partial charge on any atom is 0.343 e. The van der Waals surface area contributed by atoms with Crippen LogP contribution in [0.4, 0.5) is 0 Å². The number of nitrogens with one attached hydrogen (secondary N) is 1. The van der Waals surface area contributed by atoms with E-state index in [0.717, 1.165) is 38.5 Å². The molecule has 25 heavy (non-hydrogen) atoms. The molecule has 1 aromatic carbocycles. The molecule has 1 aromatic rings. The third-order valence-corrected chi connectivity index (χ3v) is 6.42. The molecule has 2 aliphatic heterocycles. The second kappa shape index (κ2) is 7.08. The van der Waals surface area contributed by atoms with Crippen LogP contribution >= 0.6 is 0 Å². The van der Waals surface area contributed by atoms with E-state index in [2.05, 4.69) is 5.32 Å². The number of aliphatic hydroxyl groups is 1. The Labute approximate surface area is 150 Å². The van der Waals surface area contributed by atoms with E-state index in [-0.39, 0.29) is 12.0 Å². The molecule has 0 aromatic heterocycles. The minimum Gasteiger partial charge on any atom is -0.460 e. The number of carbonyl (C=O) groups is 1. The molecule has 4 atom stereocenters. The van der Waals surface area contributed by atoms with Gasteiger partial charge in [-0.15, -0.1) is 0 Å². The lowest BCUT2D eigenvalue weighted by atomic mass is 9.73. The fourth-order valence-corrected chi connectivity index (χ4v) is 5.08. The average molecular weight is 343 g/mol. The predicted octanol–water partition coefficient (Wildman–Crippen LogP) is 3.28. The number of hydrogen-bond donors (Lipinski definition) is 2. The van der Waals surface area contributed by atoms with Crippen molar-refractivity contribution in [3.05, 3.63) is 35.9 Å². The summed E-state index contributed by atoms with van der Waals surface area (Å²) in [5.41, 5.74) is -0.824. The molecular weight excluding hydrogens is 314 g/mol. The summed E-state index contributed by atoms with van der Waals surface area (Å²) < 4.78 is 5.92. The van der Waals surface area contributed by atoms with E-state index in [1.54, 1.807) is 0 Å². The van der Waals surface area contributed by atoms with Crippen molar-refractivity contribution < 1.29 is 14.6 Å². The molecule has 2 heterocycles. The molecule has 2 bridgehead atoms. The van der Waals surface area contributed by atoms with Crippen LogP contribution in [0.5, 0.6) is 0 Å². The number of fused-ring (bicyclic) bond motifs is 2. The first kappa shape index (κ1) is 17.0. The molecule has 4 nitrogen and oxygen atoms in total. The summed E-state index contributed by atoms with van der Waals surface area (Å²) >= 11 is 0. The standard InChI is InChI=1S/C21H29NO3/c23-20(25-19-13-17-11-12-18(14-19)22-17)21(24,15-7-3-1-4-8-15)16-9-5-2-6-10-16/h1,3-4,7-8,16-19,22,24H,2,5-6,9-14H2/t17-,18+,19?,21?. The third-order valence-electron chi connectivity index (χ3n) is 6.42. The lowest BCUT2D eigenvalue weighted by molar-refractivity contribution is -0.183. The van der Waals surface area contributed by atoms with E-state index < -0.39 is 11.6 Å². The quantitative estimate of drug-likeness (QED) is 0.824. The molecule has 136 valence electrons. The Morgan fingerprint density at radius 3 is 2.28 bits per heavy atom. The topological polar surface area (TPSA) is 58.6 Å². The molecule has 0 radical (unpaired) electrons. The van der Waals surface area contributed by atoms with E-state index in [1.807, 2.05) is 30.3 Å². The van der Waals surface area contributed by atoms with Gasteiger partial charge >= 0.3 is 5.97 Å². The molecule has 1 aliphatic carbocycles. The van der Waals surface area contributed by atoms with Crippen LogP contribution in [0.1, 0.15) is 63.4 Å².